The molecule has 3 rings (SSSR count). The van der Waals surface area contributed by atoms with Crippen molar-refractivity contribution in [2.45, 2.75) is 19.8 Å². The van der Waals surface area contributed by atoms with Gasteiger partial charge < -0.3 is 19.7 Å². The molecule has 138 valence electrons. The molecule has 2 aromatic rings. The highest BCUT2D eigenvalue weighted by Crippen LogP contribution is 2.23. The lowest BCUT2D eigenvalue weighted by Gasteiger charge is -2.17. The first-order valence-electron chi connectivity index (χ1n) is 9.06. The molecular formula is C20H25N3O3. The Balaban J connectivity index is 1.47. The molecule has 0 saturated carbocycles. The van der Waals surface area contributed by atoms with Crippen molar-refractivity contribution in [2.75, 3.05) is 31.6 Å². The Morgan fingerprint density at radius 2 is 2.12 bits per heavy atom. The lowest BCUT2D eigenvalue weighted by Crippen LogP contribution is -2.33. The van der Waals surface area contributed by atoms with Gasteiger partial charge in [0.05, 0.1) is 12.8 Å². The number of amides is 2. The summed E-state index contributed by atoms with van der Waals surface area (Å²) in [7, 11) is 0. The summed E-state index contributed by atoms with van der Waals surface area (Å²) in [6, 6.07) is 10.9. The van der Waals surface area contributed by atoms with Gasteiger partial charge in [0.2, 0.25) is 0 Å². The smallest absolute Gasteiger partial charge is 0.321 e. The quantitative estimate of drug-likeness (QED) is 0.758. The number of anilines is 1. The van der Waals surface area contributed by atoms with Crippen molar-refractivity contribution >= 4 is 11.7 Å². The predicted molar refractivity (Wildman–Crippen MR) is 101 cm³/mol. The molecule has 0 radical (unpaired) electrons. The van der Waals surface area contributed by atoms with Gasteiger partial charge in [-0.3, -0.25) is 4.98 Å². The molecule has 1 atom stereocenters. The summed E-state index contributed by atoms with van der Waals surface area (Å²) in [6.07, 6.45) is 5.38. The van der Waals surface area contributed by atoms with E-state index in [9.17, 15) is 4.79 Å². The Morgan fingerprint density at radius 1 is 1.27 bits per heavy atom. The van der Waals surface area contributed by atoms with E-state index >= 15 is 0 Å². The number of hydrogen-bond acceptors (Lipinski definition) is 4. The molecule has 1 N–H and O–H groups in total. The largest absolute Gasteiger partial charge is 0.456 e. The molecule has 0 unspecified atom stereocenters. The number of urea groups is 1. The van der Waals surface area contributed by atoms with Crippen molar-refractivity contribution in [3.8, 4) is 11.5 Å². The van der Waals surface area contributed by atoms with Gasteiger partial charge in [-0.25, -0.2) is 4.79 Å². The van der Waals surface area contributed by atoms with Gasteiger partial charge in [-0.15, -0.1) is 0 Å². The average Bonchev–Trinajstić information content (AvgIpc) is 3.14. The summed E-state index contributed by atoms with van der Waals surface area (Å²) in [5.41, 5.74) is 0.749. The maximum atomic E-state index is 12.4. The van der Waals surface area contributed by atoms with Crippen LogP contribution < -0.4 is 10.1 Å². The zero-order valence-corrected chi connectivity index (χ0v) is 15.1. The number of likely N-dealkylation sites (tertiary alicyclic amines) is 1. The molecule has 2 amide bonds. The van der Waals surface area contributed by atoms with E-state index < -0.39 is 0 Å². The third-order valence-electron chi connectivity index (χ3n) is 4.25. The number of carbonyl (C=O) groups is 1. The molecule has 1 fully saturated rings. The topological polar surface area (TPSA) is 63.7 Å². The van der Waals surface area contributed by atoms with Gasteiger partial charge in [0.15, 0.2) is 0 Å². The Hall–Kier alpha value is -2.60. The fraction of sp³-hybridized carbons (Fsp3) is 0.400. The zero-order valence-electron chi connectivity index (χ0n) is 15.1. The van der Waals surface area contributed by atoms with Crippen molar-refractivity contribution in [1.82, 2.24) is 9.88 Å². The fourth-order valence-electron chi connectivity index (χ4n) is 2.90. The first kappa shape index (κ1) is 18.2. The molecule has 1 saturated heterocycles. The Bertz CT molecular complexity index is 691. The predicted octanol–water partition coefficient (Wildman–Crippen LogP) is 4.15. The van der Waals surface area contributed by atoms with E-state index in [1.54, 1.807) is 12.4 Å². The van der Waals surface area contributed by atoms with Crippen LogP contribution >= 0.6 is 0 Å². The first-order valence-corrected chi connectivity index (χ1v) is 9.06. The minimum atomic E-state index is -0.0658. The number of aromatic nitrogens is 1. The minimum absolute atomic E-state index is 0.0658. The molecule has 26 heavy (non-hydrogen) atoms. The standard InChI is InChI=1S/C20H25N3O3/c1-2-12-25-15-16-9-11-23(14-16)20(24)22-17-5-7-18(8-6-17)26-19-4-3-10-21-13-19/h3-8,10,13,16H,2,9,11-12,14-15H2,1H3,(H,22,24)/t16-/m1/s1. The van der Waals surface area contributed by atoms with Crippen molar-refractivity contribution < 1.29 is 14.3 Å². The highest BCUT2D eigenvalue weighted by molar-refractivity contribution is 5.89. The Labute approximate surface area is 154 Å². The number of nitrogens with one attached hydrogen (secondary N) is 1. The van der Waals surface area contributed by atoms with Crippen LogP contribution in [0.1, 0.15) is 19.8 Å². The average molecular weight is 355 g/mol. The zero-order chi connectivity index (χ0) is 18.2. The highest BCUT2D eigenvalue weighted by Gasteiger charge is 2.26. The van der Waals surface area contributed by atoms with Crippen molar-refractivity contribution in [1.29, 1.82) is 0 Å². The lowest BCUT2D eigenvalue weighted by atomic mass is 10.1. The van der Waals surface area contributed by atoms with Gasteiger partial charge in [0.1, 0.15) is 11.5 Å². The van der Waals surface area contributed by atoms with Crippen LogP contribution in [0.4, 0.5) is 10.5 Å². The Morgan fingerprint density at radius 3 is 2.85 bits per heavy atom. The van der Waals surface area contributed by atoms with Gasteiger partial charge >= 0.3 is 6.03 Å². The van der Waals surface area contributed by atoms with Gasteiger partial charge in [-0.05, 0) is 49.2 Å². The summed E-state index contributed by atoms with van der Waals surface area (Å²) in [6.45, 7) is 5.14. The van der Waals surface area contributed by atoms with E-state index in [1.165, 1.54) is 0 Å². The number of benzene rings is 1. The molecule has 0 spiro atoms. The van der Waals surface area contributed by atoms with E-state index in [4.69, 9.17) is 9.47 Å². The SMILES string of the molecule is CCCOC[C@@H]1CCN(C(=O)Nc2ccc(Oc3cccnc3)cc2)C1. The van der Waals surface area contributed by atoms with Crippen LogP contribution in [-0.2, 0) is 4.74 Å². The summed E-state index contributed by atoms with van der Waals surface area (Å²) >= 11 is 0. The Kier molecular flexibility index (Phi) is 6.44. The van der Waals surface area contributed by atoms with Crippen LogP contribution in [0.2, 0.25) is 0 Å². The normalized spacial score (nSPS) is 16.5. The van der Waals surface area contributed by atoms with Crippen molar-refractivity contribution in [2.24, 2.45) is 5.92 Å². The highest BCUT2D eigenvalue weighted by atomic mass is 16.5. The molecule has 1 aromatic heterocycles. The molecule has 0 bridgehead atoms. The number of pyridine rings is 1. The van der Waals surface area contributed by atoms with Crippen LogP contribution in [0, 0.1) is 5.92 Å². The second-order valence-corrected chi connectivity index (χ2v) is 6.42. The first-order chi connectivity index (χ1) is 12.7. The number of carbonyl (C=O) groups excluding carboxylic acids is 1. The molecular weight excluding hydrogens is 330 g/mol. The third kappa shape index (κ3) is 5.20. The van der Waals surface area contributed by atoms with Crippen LogP contribution in [0.15, 0.2) is 48.8 Å². The van der Waals surface area contributed by atoms with Crippen LogP contribution in [0.3, 0.4) is 0 Å². The summed E-state index contributed by atoms with van der Waals surface area (Å²) in [5.74, 6) is 1.81. The van der Waals surface area contributed by atoms with Crippen molar-refractivity contribution in [3.63, 3.8) is 0 Å². The summed E-state index contributed by atoms with van der Waals surface area (Å²) in [5, 5.41) is 2.94. The number of rotatable bonds is 7. The molecule has 2 heterocycles. The number of hydrogen-bond donors (Lipinski definition) is 1. The van der Waals surface area contributed by atoms with Gasteiger partial charge in [0, 0.05) is 37.5 Å². The second kappa shape index (κ2) is 9.20. The molecule has 1 aliphatic heterocycles. The van der Waals surface area contributed by atoms with Crippen molar-refractivity contribution in [3.05, 3.63) is 48.8 Å². The third-order valence-corrected chi connectivity index (χ3v) is 4.25. The van der Waals surface area contributed by atoms with Gasteiger partial charge in [-0.2, -0.15) is 0 Å². The molecule has 6 heteroatoms. The monoisotopic (exact) mass is 355 g/mol. The lowest BCUT2D eigenvalue weighted by molar-refractivity contribution is 0.103. The molecule has 0 aliphatic carbocycles. The van der Waals surface area contributed by atoms with Gasteiger partial charge in [-0.1, -0.05) is 6.92 Å². The second-order valence-electron chi connectivity index (χ2n) is 6.42. The van der Waals surface area contributed by atoms with Crippen LogP contribution in [-0.4, -0.2) is 42.2 Å². The maximum absolute atomic E-state index is 12.4. The number of ether oxygens (including phenoxy) is 2. The van der Waals surface area contributed by atoms with E-state index in [0.717, 1.165) is 44.8 Å². The fourth-order valence-corrected chi connectivity index (χ4v) is 2.90. The van der Waals surface area contributed by atoms with E-state index in [2.05, 4.69) is 17.2 Å². The van der Waals surface area contributed by atoms with E-state index in [0.29, 0.717) is 17.4 Å². The van der Waals surface area contributed by atoms with Gasteiger partial charge in [0.25, 0.3) is 0 Å². The molecule has 1 aromatic carbocycles. The molecule has 6 nitrogen and oxygen atoms in total. The summed E-state index contributed by atoms with van der Waals surface area (Å²) in [4.78, 5) is 18.3. The van der Waals surface area contributed by atoms with E-state index in [-0.39, 0.29) is 6.03 Å². The van der Waals surface area contributed by atoms with E-state index in [1.807, 2.05) is 41.3 Å². The minimum Gasteiger partial charge on any atom is -0.456 e. The maximum Gasteiger partial charge on any atom is 0.321 e. The number of nitrogens with zero attached hydrogens (tertiary/aromatic N) is 2. The summed E-state index contributed by atoms with van der Waals surface area (Å²) < 4.78 is 11.3. The molecule has 1 aliphatic rings. The van der Waals surface area contributed by atoms with Crippen LogP contribution in [0.5, 0.6) is 11.5 Å². The van der Waals surface area contributed by atoms with Crippen LogP contribution in [0.25, 0.3) is 0 Å².